The molecule has 0 unspecified atom stereocenters. The first-order valence-corrected chi connectivity index (χ1v) is 8.33. The third kappa shape index (κ3) is 4.65. The van der Waals surface area contributed by atoms with Gasteiger partial charge in [0.2, 0.25) is 5.91 Å². The summed E-state index contributed by atoms with van der Waals surface area (Å²) >= 11 is 0. The number of nitrogens with one attached hydrogen (secondary N) is 1. The lowest BCUT2D eigenvalue weighted by Gasteiger charge is -2.17. The van der Waals surface area contributed by atoms with E-state index in [9.17, 15) is 14.7 Å². The van der Waals surface area contributed by atoms with Crippen molar-refractivity contribution in [1.29, 1.82) is 0 Å². The van der Waals surface area contributed by atoms with Crippen molar-refractivity contribution in [2.24, 2.45) is 0 Å². The number of likely N-dealkylation sites (N-methyl/N-ethyl adjacent to an activating group) is 1. The summed E-state index contributed by atoms with van der Waals surface area (Å²) in [5.74, 6) is 0.497. The number of carbonyl (C=O) groups excluding carboxylic acids is 1. The lowest BCUT2D eigenvalue weighted by Crippen LogP contribution is -2.30. The number of nitrogens with zero attached hydrogens (tertiary/aromatic N) is 1. The van der Waals surface area contributed by atoms with Gasteiger partial charge in [-0.15, -0.1) is 0 Å². The maximum absolute atomic E-state index is 12.3. The van der Waals surface area contributed by atoms with Gasteiger partial charge in [0.1, 0.15) is 17.1 Å². The Morgan fingerprint density at radius 3 is 2.81 bits per heavy atom. The zero-order chi connectivity index (χ0) is 19.4. The van der Waals surface area contributed by atoms with Crippen LogP contribution in [0.5, 0.6) is 11.5 Å². The molecule has 2 aromatic carbocycles. The highest BCUT2D eigenvalue weighted by atomic mass is 16.5. The molecule has 2 N–H and O–H groups in total. The largest absolute Gasteiger partial charge is 0.508 e. The Labute approximate surface area is 155 Å². The van der Waals surface area contributed by atoms with Crippen molar-refractivity contribution in [3.63, 3.8) is 0 Å². The van der Waals surface area contributed by atoms with Crippen LogP contribution in [0.1, 0.15) is 5.56 Å². The van der Waals surface area contributed by atoms with Crippen LogP contribution in [0.3, 0.4) is 0 Å². The minimum atomic E-state index is -0.502. The number of phenolic OH excluding ortho intramolecular Hbond substituents is 1. The highest BCUT2D eigenvalue weighted by Crippen LogP contribution is 2.22. The lowest BCUT2D eigenvalue weighted by molar-refractivity contribution is -0.117. The third-order valence-corrected chi connectivity index (χ3v) is 4.02. The molecule has 0 aliphatic carbocycles. The molecule has 0 bridgehead atoms. The average Bonchev–Trinajstić information content (AvgIpc) is 2.61. The van der Waals surface area contributed by atoms with Gasteiger partial charge in [-0.1, -0.05) is 6.07 Å². The standard InChI is InChI=1S/C20H20N2O5/c1-22(12-19(24)21-14-4-3-5-16(9-14)26-2)11-13-8-20(25)27-18-10-15(23)6-7-17(13)18/h3-10,23H,11-12H2,1-2H3,(H,21,24). The molecule has 3 rings (SSSR count). The Balaban J connectivity index is 1.70. The SMILES string of the molecule is COc1cccc(NC(=O)CN(C)Cc2cc(=O)oc3cc(O)ccc23)c1. The first-order chi connectivity index (χ1) is 12.9. The van der Waals surface area contributed by atoms with Crippen molar-refractivity contribution in [1.82, 2.24) is 4.90 Å². The summed E-state index contributed by atoms with van der Waals surface area (Å²) in [6.07, 6.45) is 0. The first kappa shape index (κ1) is 18.5. The van der Waals surface area contributed by atoms with Crippen LogP contribution in [-0.4, -0.2) is 36.6 Å². The van der Waals surface area contributed by atoms with Crippen molar-refractivity contribution in [2.45, 2.75) is 6.54 Å². The van der Waals surface area contributed by atoms with Gasteiger partial charge in [-0.05, 0) is 36.9 Å². The molecule has 0 saturated carbocycles. The van der Waals surface area contributed by atoms with E-state index in [1.807, 2.05) is 0 Å². The smallest absolute Gasteiger partial charge is 0.336 e. The normalized spacial score (nSPS) is 10.9. The molecule has 0 atom stereocenters. The highest BCUT2D eigenvalue weighted by Gasteiger charge is 2.12. The molecule has 0 fully saturated rings. The van der Waals surface area contributed by atoms with Crippen molar-refractivity contribution in [3.05, 3.63) is 64.5 Å². The van der Waals surface area contributed by atoms with Crippen LogP contribution in [0.25, 0.3) is 11.0 Å². The van der Waals surface area contributed by atoms with E-state index in [-0.39, 0.29) is 18.2 Å². The second kappa shape index (κ2) is 7.92. The molecule has 140 valence electrons. The molecule has 0 aliphatic rings. The molecule has 1 heterocycles. The van der Waals surface area contributed by atoms with Gasteiger partial charge in [0.05, 0.1) is 13.7 Å². The fraction of sp³-hybridized carbons (Fsp3) is 0.200. The highest BCUT2D eigenvalue weighted by molar-refractivity contribution is 5.92. The van der Waals surface area contributed by atoms with E-state index in [0.717, 1.165) is 5.56 Å². The van der Waals surface area contributed by atoms with Gasteiger partial charge in [-0.25, -0.2) is 4.79 Å². The molecule has 27 heavy (non-hydrogen) atoms. The second-order valence-corrected chi connectivity index (χ2v) is 6.22. The average molecular weight is 368 g/mol. The Morgan fingerprint density at radius 2 is 2.04 bits per heavy atom. The van der Waals surface area contributed by atoms with Gasteiger partial charge < -0.3 is 19.6 Å². The summed E-state index contributed by atoms with van der Waals surface area (Å²) in [6.45, 7) is 0.509. The van der Waals surface area contributed by atoms with Crippen LogP contribution >= 0.6 is 0 Å². The molecule has 0 saturated heterocycles. The number of aromatic hydroxyl groups is 1. The van der Waals surface area contributed by atoms with E-state index >= 15 is 0 Å². The van der Waals surface area contributed by atoms with Crippen LogP contribution in [0.2, 0.25) is 0 Å². The number of anilines is 1. The number of ether oxygens (including phenoxy) is 1. The van der Waals surface area contributed by atoms with Gasteiger partial charge >= 0.3 is 5.63 Å². The number of amides is 1. The molecule has 0 spiro atoms. The van der Waals surface area contributed by atoms with Gasteiger partial charge in [0.25, 0.3) is 0 Å². The third-order valence-electron chi connectivity index (χ3n) is 4.02. The van der Waals surface area contributed by atoms with Crippen molar-refractivity contribution >= 4 is 22.6 Å². The molecule has 1 aromatic heterocycles. The maximum Gasteiger partial charge on any atom is 0.336 e. The molecule has 7 nitrogen and oxygen atoms in total. The molecule has 7 heteroatoms. The van der Waals surface area contributed by atoms with E-state index in [4.69, 9.17) is 9.15 Å². The summed E-state index contributed by atoms with van der Waals surface area (Å²) in [5, 5.41) is 13.1. The molecule has 3 aromatic rings. The Hall–Kier alpha value is -3.32. The van der Waals surface area contributed by atoms with E-state index < -0.39 is 5.63 Å². The first-order valence-electron chi connectivity index (χ1n) is 8.33. The summed E-state index contributed by atoms with van der Waals surface area (Å²) in [7, 11) is 3.35. The zero-order valence-corrected chi connectivity index (χ0v) is 15.1. The van der Waals surface area contributed by atoms with E-state index in [0.29, 0.717) is 29.0 Å². The number of hydrogen-bond donors (Lipinski definition) is 2. The predicted octanol–water partition coefficient (Wildman–Crippen LogP) is 2.58. The van der Waals surface area contributed by atoms with Crippen LogP contribution in [0.15, 0.2) is 57.7 Å². The Morgan fingerprint density at radius 1 is 1.22 bits per heavy atom. The number of methoxy groups -OCH3 is 1. The predicted molar refractivity (Wildman–Crippen MR) is 102 cm³/mol. The molecule has 0 radical (unpaired) electrons. The van der Waals surface area contributed by atoms with Gasteiger partial charge in [0, 0.05) is 35.8 Å². The zero-order valence-electron chi connectivity index (χ0n) is 15.1. The van der Waals surface area contributed by atoms with Crippen LogP contribution in [0.4, 0.5) is 5.69 Å². The molecule has 0 aliphatic heterocycles. The Kier molecular flexibility index (Phi) is 5.42. The van der Waals surface area contributed by atoms with E-state index in [1.165, 1.54) is 18.2 Å². The number of hydrogen-bond acceptors (Lipinski definition) is 6. The molecular formula is C20H20N2O5. The van der Waals surface area contributed by atoms with Crippen LogP contribution < -0.4 is 15.7 Å². The quantitative estimate of drug-likeness (QED) is 0.650. The number of carbonyl (C=O) groups is 1. The number of rotatable bonds is 6. The summed E-state index contributed by atoms with van der Waals surface area (Å²) < 4.78 is 10.3. The minimum Gasteiger partial charge on any atom is -0.508 e. The number of benzene rings is 2. The number of fused-ring (bicyclic) bond motifs is 1. The fourth-order valence-electron chi connectivity index (χ4n) is 2.84. The second-order valence-electron chi connectivity index (χ2n) is 6.22. The van der Waals surface area contributed by atoms with E-state index in [1.54, 1.807) is 49.4 Å². The lowest BCUT2D eigenvalue weighted by atomic mass is 10.1. The summed E-state index contributed by atoms with van der Waals surface area (Å²) in [6, 6.07) is 13.1. The van der Waals surface area contributed by atoms with Gasteiger partial charge in [-0.2, -0.15) is 0 Å². The monoisotopic (exact) mass is 368 g/mol. The number of phenols is 1. The van der Waals surface area contributed by atoms with Crippen LogP contribution in [-0.2, 0) is 11.3 Å². The maximum atomic E-state index is 12.3. The fourth-order valence-corrected chi connectivity index (χ4v) is 2.84. The van der Waals surface area contributed by atoms with E-state index in [2.05, 4.69) is 5.32 Å². The van der Waals surface area contributed by atoms with Crippen LogP contribution in [0, 0.1) is 0 Å². The van der Waals surface area contributed by atoms with Crippen molar-refractivity contribution in [3.8, 4) is 11.5 Å². The Bertz CT molecular complexity index is 1030. The van der Waals surface area contributed by atoms with Gasteiger partial charge in [0.15, 0.2) is 0 Å². The molecular weight excluding hydrogens is 348 g/mol. The van der Waals surface area contributed by atoms with Gasteiger partial charge in [-0.3, -0.25) is 9.69 Å². The topological polar surface area (TPSA) is 92.0 Å². The minimum absolute atomic E-state index is 0.0221. The van der Waals surface area contributed by atoms with Crippen molar-refractivity contribution in [2.75, 3.05) is 26.0 Å². The summed E-state index contributed by atoms with van der Waals surface area (Å²) in [5.41, 5.74) is 1.18. The van der Waals surface area contributed by atoms with Crippen molar-refractivity contribution < 1.29 is 19.1 Å². The summed E-state index contributed by atoms with van der Waals surface area (Å²) in [4.78, 5) is 25.8. The molecule has 1 amide bonds.